The first-order chi connectivity index (χ1) is 8.31. The van der Waals surface area contributed by atoms with Gasteiger partial charge in [-0.2, -0.15) is 0 Å². The summed E-state index contributed by atoms with van der Waals surface area (Å²) in [6.07, 6.45) is 2.22. The molecule has 17 heavy (non-hydrogen) atoms. The molecule has 5 nitrogen and oxygen atoms in total. The van der Waals surface area contributed by atoms with Gasteiger partial charge >= 0.3 is 5.97 Å². The van der Waals surface area contributed by atoms with E-state index in [0.717, 1.165) is 39.1 Å². The molecule has 0 aromatic heterocycles. The third kappa shape index (κ3) is 13.3. The zero-order chi connectivity index (χ0) is 12.8. The Bertz CT molecular complexity index is 176. The maximum atomic E-state index is 11.0. The minimum absolute atomic E-state index is 0.120. The lowest BCUT2D eigenvalue weighted by Gasteiger charge is -2.06. The molecule has 0 saturated heterocycles. The van der Waals surface area contributed by atoms with E-state index in [1.54, 1.807) is 7.11 Å². The van der Waals surface area contributed by atoms with Crippen LogP contribution in [0.15, 0.2) is 0 Å². The van der Waals surface area contributed by atoms with Crippen LogP contribution in [0.3, 0.4) is 0 Å². The molecule has 0 unspecified atom stereocenters. The lowest BCUT2D eigenvalue weighted by molar-refractivity contribution is -0.143. The molecule has 0 rings (SSSR count). The van der Waals surface area contributed by atoms with Crippen LogP contribution in [0, 0.1) is 0 Å². The smallest absolute Gasteiger partial charge is 0.305 e. The average Bonchev–Trinajstić information content (AvgIpc) is 2.32. The van der Waals surface area contributed by atoms with Gasteiger partial charge in [-0.05, 0) is 26.3 Å². The van der Waals surface area contributed by atoms with Crippen LogP contribution in [0.4, 0.5) is 0 Å². The van der Waals surface area contributed by atoms with Gasteiger partial charge in [0.2, 0.25) is 0 Å². The molecule has 0 radical (unpaired) electrons. The molecule has 5 heteroatoms. The summed E-state index contributed by atoms with van der Waals surface area (Å²) >= 11 is 0. The Morgan fingerprint density at radius 1 is 1.12 bits per heavy atom. The molecule has 0 aliphatic rings. The Hall–Kier alpha value is -0.650. The maximum Gasteiger partial charge on any atom is 0.305 e. The van der Waals surface area contributed by atoms with E-state index in [9.17, 15) is 4.79 Å². The zero-order valence-corrected chi connectivity index (χ0v) is 11.0. The highest BCUT2D eigenvalue weighted by Gasteiger charge is 1.99. The second kappa shape index (κ2) is 13.4. The Labute approximate surface area is 104 Å². The van der Waals surface area contributed by atoms with Crippen molar-refractivity contribution < 1.29 is 19.0 Å². The van der Waals surface area contributed by atoms with E-state index >= 15 is 0 Å². The zero-order valence-electron chi connectivity index (χ0n) is 11.0. The number of hydrogen-bond acceptors (Lipinski definition) is 5. The van der Waals surface area contributed by atoms with Gasteiger partial charge < -0.3 is 19.5 Å². The number of hydrogen-bond donors (Lipinski definition) is 1. The molecule has 0 amide bonds. The number of ether oxygens (including phenoxy) is 3. The first-order valence-electron chi connectivity index (χ1n) is 6.24. The summed E-state index contributed by atoms with van der Waals surface area (Å²) in [6, 6.07) is 0. The second-order valence-electron chi connectivity index (χ2n) is 3.62. The average molecular weight is 247 g/mol. The van der Waals surface area contributed by atoms with Crippen molar-refractivity contribution in [3.8, 4) is 0 Å². The molecule has 0 atom stereocenters. The molecule has 0 saturated carbocycles. The van der Waals surface area contributed by atoms with Gasteiger partial charge in [0.05, 0.1) is 13.2 Å². The van der Waals surface area contributed by atoms with Crippen molar-refractivity contribution in [1.82, 2.24) is 5.32 Å². The van der Waals surface area contributed by atoms with Crippen molar-refractivity contribution in [2.45, 2.75) is 26.2 Å². The molecule has 102 valence electrons. The van der Waals surface area contributed by atoms with Crippen LogP contribution in [0.1, 0.15) is 26.2 Å². The Balaban J connectivity index is 3.01. The quantitative estimate of drug-likeness (QED) is 0.411. The molecule has 0 bridgehead atoms. The topological polar surface area (TPSA) is 56.8 Å². The lowest BCUT2D eigenvalue weighted by Crippen LogP contribution is -2.22. The largest absolute Gasteiger partial charge is 0.466 e. The minimum atomic E-state index is -0.120. The van der Waals surface area contributed by atoms with Gasteiger partial charge in [0.1, 0.15) is 0 Å². The summed E-state index contributed by atoms with van der Waals surface area (Å²) in [5.74, 6) is -0.120. The summed E-state index contributed by atoms with van der Waals surface area (Å²) in [7, 11) is 1.69. The number of rotatable bonds is 12. The van der Waals surface area contributed by atoms with Gasteiger partial charge in [-0.25, -0.2) is 0 Å². The normalized spacial score (nSPS) is 10.5. The van der Waals surface area contributed by atoms with E-state index in [0.29, 0.717) is 19.6 Å². The number of esters is 1. The predicted molar refractivity (Wildman–Crippen MR) is 66.0 cm³/mol. The van der Waals surface area contributed by atoms with Crippen LogP contribution in [-0.4, -0.2) is 52.6 Å². The van der Waals surface area contributed by atoms with Crippen LogP contribution in [-0.2, 0) is 19.0 Å². The first kappa shape index (κ1) is 16.4. The molecule has 1 N–H and O–H groups in total. The SMILES string of the molecule is CCOC(=O)CCCNCCOCCCOC. The van der Waals surface area contributed by atoms with Gasteiger partial charge in [0.15, 0.2) is 0 Å². The standard InChI is InChI=1S/C12H25NO4/c1-3-17-12(14)6-4-7-13-8-11-16-10-5-9-15-2/h13H,3-11H2,1-2H3. The van der Waals surface area contributed by atoms with Gasteiger partial charge in [-0.15, -0.1) is 0 Å². The van der Waals surface area contributed by atoms with Crippen LogP contribution < -0.4 is 5.32 Å². The van der Waals surface area contributed by atoms with Gasteiger partial charge in [-0.1, -0.05) is 0 Å². The van der Waals surface area contributed by atoms with Crippen LogP contribution in [0.2, 0.25) is 0 Å². The summed E-state index contributed by atoms with van der Waals surface area (Å²) in [5.41, 5.74) is 0. The van der Waals surface area contributed by atoms with E-state index in [4.69, 9.17) is 14.2 Å². The molecule has 0 heterocycles. The third-order valence-corrected chi connectivity index (χ3v) is 2.10. The maximum absolute atomic E-state index is 11.0. The molecule has 0 aromatic carbocycles. The van der Waals surface area contributed by atoms with Crippen molar-refractivity contribution in [2.75, 3.05) is 46.6 Å². The summed E-state index contributed by atoms with van der Waals surface area (Å²) in [6.45, 7) is 6.09. The van der Waals surface area contributed by atoms with E-state index < -0.39 is 0 Å². The van der Waals surface area contributed by atoms with E-state index in [-0.39, 0.29) is 5.97 Å². The lowest BCUT2D eigenvalue weighted by atomic mass is 10.3. The van der Waals surface area contributed by atoms with Crippen molar-refractivity contribution in [1.29, 1.82) is 0 Å². The number of methoxy groups -OCH3 is 1. The fraction of sp³-hybridized carbons (Fsp3) is 0.917. The summed E-state index contributed by atoms with van der Waals surface area (Å²) in [4.78, 5) is 11.0. The highest BCUT2D eigenvalue weighted by Crippen LogP contribution is 1.91. The molecule has 0 aromatic rings. The highest BCUT2D eigenvalue weighted by molar-refractivity contribution is 5.69. The molecular weight excluding hydrogens is 222 g/mol. The van der Waals surface area contributed by atoms with Crippen LogP contribution in [0.25, 0.3) is 0 Å². The second-order valence-corrected chi connectivity index (χ2v) is 3.62. The van der Waals surface area contributed by atoms with E-state index in [2.05, 4.69) is 5.32 Å². The van der Waals surface area contributed by atoms with Crippen LogP contribution >= 0.6 is 0 Å². The van der Waals surface area contributed by atoms with Crippen molar-refractivity contribution >= 4 is 5.97 Å². The fourth-order valence-electron chi connectivity index (χ4n) is 1.27. The van der Waals surface area contributed by atoms with Gasteiger partial charge in [-0.3, -0.25) is 4.79 Å². The molecule has 0 aliphatic carbocycles. The highest BCUT2D eigenvalue weighted by atomic mass is 16.5. The minimum Gasteiger partial charge on any atom is -0.466 e. The van der Waals surface area contributed by atoms with Crippen molar-refractivity contribution in [3.05, 3.63) is 0 Å². The number of carbonyl (C=O) groups excluding carboxylic acids is 1. The Kier molecular flexibility index (Phi) is 12.9. The Morgan fingerprint density at radius 2 is 1.94 bits per heavy atom. The number of nitrogens with one attached hydrogen (secondary N) is 1. The summed E-state index contributed by atoms with van der Waals surface area (Å²) < 4.78 is 15.1. The first-order valence-corrected chi connectivity index (χ1v) is 6.24. The van der Waals surface area contributed by atoms with Crippen molar-refractivity contribution in [3.63, 3.8) is 0 Å². The van der Waals surface area contributed by atoms with E-state index in [1.165, 1.54) is 0 Å². The fourth-order valence-corrected chi connectivity index (χ4v) is 1.27. The molecule has 0 fully saturated rings. The third-order valence-electron chi connectivity index (χ3n) is 2.10. The van der Waals surface area contributed by atoms with Crippen molar-refractivity contribution in [2.24, 2.45) is 0 Å². The molecule has 0 spiro atoms. The van der Waals surface area contributed by atoms with Gasteiger partial charge in [0, 0.05) is 33.3 Å². The summed E-state index contributed by atoms with van der Waals surface area (Å²) in [5, 5.41) is 3.21. The Morgan fingerprint density at radius 3 is 2.65 bits per heavy atom. The van der Waals surface area contributed by atoms with Gasteiger partial charge in [0.25, 0.3) is 0 Å². The monoisotopic (exact) mass is 247 g/mol. The number of carbonyl (C=O) groups is 1. The predicted octanol–water partition coefficient (Wildman–Crippen LogP) is 0.972. The van der Waals surface area contributed by atoms with E-state index in [1.807, 2.05) is 6.92 Å². The molecular formula is C12H25NO4. The molecule has 0 aliphatic heterocycles. The van der Waals surface area contributed by atoms with Crippen LogP contribution in [0.5, 0.6) is 0 Å².